The lowest BCUT2D eigenvalue weighted by Gasteiger charge is -2.25. The molecule has 2 aliphatic carbocycles. The molecular weight excluding hydrogens is 216 g/mol. The van der Waals surface area contributed by atoms with Gasteiger partial charge < -0.3 is 9.67 Å². The van der Waals surface area contributed by atoms with E-state index in [2.05, 4.69) is 9.55 Å². The van der Waals surface area contributed by atoms with Crippen LogP contribution in [0.4, 0.5) is 0 Å². The van der Waals surface area contributed by atoms with E-state index >= 15 is 0 Å². The van der Waals surface area contributed by atoms with Gasteiger partial charge >= 0.3 is 5.97 Å². The Morgan fingerprint density at radius 3 is 2.53 bits per heavy atom. The van der Waals surface area contributed by atoms with Crippen LogP contribution in [0.15, 0.2) is 6.33 Å². The zero-order chi connectivity index (χ0) is 11.8. The Bertz CT molecular complexity index is 429. The van der Waals surface area contributed by atoms with Crippen LogP contribution in [0.25, 0.3) is 0 Å². The van der Waals surface area contributed by atoms with Gasteiger partial charge in [-0.05, 0) is 25.7 Å². The minimum Gasteiger partial charge on any atom is -0.476 e. The first-order chi connectivity index (χ1) is 8.27. The molecule has 4 heteroatoms. The standard InChI is InChI=1S/C13H18N2O2/c16-13(17)11-12(9-6-7-9)15(8-14-11)10-4-2-1-3-5-10/h8-10H,1-7H2,(H,16,17). The molecule has 0 atom stereocenters. The van der Waals surface area contributed by atoms with Crippen LogP contribution in [0.3, 0.4) is 0 Å². The Morgan fingerprint density at radius 2 is 1.94 bits per heavy atom. The average Bonchev–Trinajstić information content (AvgIpc) is 3.08. The van der Waals surface area contributed by atoms with Crippen molar-refractivity contribution in [2.24, 2.45) is 0 Å². The fourth-order valence-electron chi connectivity index (χ4n) is 2.95. The van der Waals surface area contributed by atoms with E-state index in [0.717, 1.165) is 18.5 Å². The maximum Gasteiger partial charge on any atom is 0.356 e. The van der Waals surface area contributed by atoms with Crippen LogP contribution in [0.5, 0.6) is 0 Å². The summed E-state index contributed by atoms with van der Waals surface area (Å²) in [5, 5.41) is 9.18. The molecule has 0 bridgehead atoms. The fraction of sp³-hybridized carbons (Fsp3) is 0.692. The second-order valence-corrected chi connectivity index (χ2v) is 5.26. The van der Waals surface area contributed by atoms with E-state index in [1.165, 1.54) is 32.1 Å². The summed E-state index contributed by atoms with van der Waals surface area (Å²) in [5.41, 5.74) is 1.28. The monoisotopic (exact) mass is 234 g/mol. The number of aromatic nitrogens is 2. The van der Waals surface area contributed by atoms with E-state index in [4.69, 9.17) is 0 Å². The highest BCUT2D eigenvalue weighted by Gasteiger charge is 2.34. The summed E-state index contributed by atoms with van der Waals surface area (Å²) < 4.78 is 2.17. The first kappa shape index (κ1) is 10.8. The molecule has 0 saturated heterocycles. The lowest BCUT2D eigenvalue weighted by Crippen LogP contribution is -2.15. The number of carbonyl (C=O) groups is 1. The SMILES string of the molecule is O=C(O)c1ncn(C2CCCCC2)c1C1CC1. The van der Waals surface area contributed by atoms with E-state index in [1.54, 1.807) is 6.33 Å². The van der Waals surface area contributed by atoms with Gasteiger partial charge in [-0.2, -0.15) is 0 Å². The van der Waals surface area contributed by atoms with Crippen molar-refractivity contribution in [2.75, 3.05) is 0 Å². The molecular formula is C13H18N2O2. The van der Waals surface area contributed by atoms with Crippen LogP contribution >= 0.6 is 0 Å². The molecule has 0 aromatic carbocycles. The van der Waals surface area contributed by atoms with Crippen LogP contribution in [0, 0.1) is 0 Å². The average molecular weight is 234 g/mol. The molecule has 1 heterocycles. The number of hydrogen-bond donors (Lipinski definition) is 1. The molecule has 3 rings (SSSR count). The van der Waals surface area contributed by atoms with Crippen molar-refractivity contribution in [1.82, 2.24) is 9.55 Å². The third-order valence-electron chi connectivity index (χ3n) is 3.97. The Labute approximate surface area is 101 Å². The van der Waals surface area contributed by atoms with Crippen molar-refractivity contribution in [3.05, 3.63) is 17.7 Å². The Hall–Kier alpha value is -1.32. The van der Waals surface area contributed by atoms with Gasteiger partial charge in [0.1, 0.15) is 0 Å². The van der Waals surface area contributed by atoms with Gasteiger partial charge in [0.15, 0.2) is 5.69 Å². The Balaban J connectivity index is 1.95. The van der Waals surface area contributed by atoms with E-state index in [0.29, 0.717) is 12.0 Å². The molecule has 1 N–H and O–H groups in total. The summed E-state index contributed by atoms with van der Waals surface area (Å²) in [4.78, 5) is 15.3. The first-order valence-corrected chi connectivity index (χ1v) is 6.57. The Kier molecular flexibility index (Phi) is 2.65. The lowest BCUT2D eigenvalue weighted by molar-refractivity contribution is 0.0689. The number of imidazole rings is 1. The third kappa shape index (κ3) is 1.96. The molecule has 0 spiro atoms. The third-order valence-corrected chi connectivity index (χ3v) is 3.97. The summed E-state index contributed by atoms with van der Waals surface area (Å²) in [7, 11) is 0. The maximum atomic E-state index is 11.2. The highest BCUT2D eigenvalue weighted by Crippen LogP contribution is 2.43. The number of hydrogen-bond acceptors (Lipinski definition) is 2. The largest absolute Gasteiger partial charge is 0.476 e. The molecule has 92 valence electrons. The minimum atomic E-state index is -0.874. The molecule has 4 nitrogen and oxygen atoms in total. The van der Waals surface area contributed by atoms with Crippen molar-refractivity contribution < 1.29 is 9.90 Å². The molecule has 0 radical (unpaired) electrons. The van der Waals surface area contributed by atoms with Crippen LogP contribution < -0.4 is 0 Å². The number of carboxylic acids is 1. The maximum absolute atomic E-state index is 11.2. The number of aromatic carboxylic acids is 1. The van der Waals surface area contributed by atoms with E-state index in [9.17, 15) is 9.90 Å². The second-order valence-electron chi connectivity index (χ2n) is 5.26. The number of carboxylic acid groups (broad SMARTS) is 1. The smallest absolute Gasteiger partial charge is 0.356 e. The van der Waals surface area contributed by atoms with E-state index in [1.807, 2.05) is 0 Å². The summed E-state index contributed by atoms with van der Waals surface area (Å²) >= 11 is 0. The summed E-state index contributed by atoms with van der Waals surface area (Å²) in [6.07, 6.45) is 10.2. The van der Waals surface area contributed by atoms with Crippen LogP contribution in [-0.2, 0) is 0 Å². The molecule has 2 fully saturated rings. The molecule has 0 aliphatic heterocycles. The molecule has 2 saturated carbocycles. The van der Waals surface area contributed by atoms with E-state index < -0.39 is 5.97 Å². The van der Waals surface area contributed by atoms with Gasteiger partial charge in [-0.15, -0.1) is 0 Å². The highest BCUT2D eigenvalue weighted by molar-refractivity contribution is 5.87. The van der Waals surface area contributed by atoms with Gasteiger partial charge in [0.2, 0.25) is 0 Å². The molecule has 17 heavy (non-hydrogen) atoms. The van der Waals surface area contributed by atoms with Gasteiger partial charge in [0, 0.05) is 12.0 Å². The van der Waals surface area contributed by atoms with Crippen molar-refractivity contribution in [2.45, 2.75) is 56.9 Å². The number of rotatable bonds is 3. The molecule has 2 aliphatic rings. The van der Waals surface area contributed by atoms with Crippen molar-refractivity contribution in [1.29, 1.82) is 0 Å². The molecule has 1 aromatic rings. The number of nitrogens with zero attached hydrogens (tertiary/aromatic N) is 2. The topological polar surface area (TPSA) is 55.1 Å². The summed E-state index contributed by atoms with van der Waals surface area (Å²) in [6, 6.07) is 0.486. The fourth-order valence-corrected chi connectivity index (χ4v) is 2.95. The quantitative estimate of drug-likeness (QED) is 0.874. The van der Waals surface area contributed by atoms with Gasteiger partial charge in [-0.1, -0.05) is 19.3 Å². The zero-order valence-electron chi connectivity index (χ0n) is 9.93. The van der Waals surface area contributed by atoms with Gasteiger partial charge in [-0.3, -0.25) is 0 Å². The normalized spacial score (nSPS) is 21.6. The van der Waals surface area contributed by atoms with Crippen molar-refractivity contribution >= 4 is 5.97 Å². The highest BCUT2D eigenvalue weighted by atomic mass is 16.4. The second kappa shape index (κ2) is 4.17. The summed E-state index contributed by atoms with van der Waals surface area (Å²) in [6.45, 7) is 0. The van der Waals surface area contributed by atoms with Crippen LogP contribution in [0.1, 0.15) is 73.1 Å². The Morgan fingerprint density at radius 1 is 1.24 bits per heavy atom. The molecule has 0 unspecified atom stereocenters. The van der Waals surface area contributed by atoms with Crippen LogP contribution in [-0.4, -0.2) is 20.6 Å². The van der Waals surface area contributed by atoms with Crippen molar-refractivity contribution in [3.63, 3.8) is 0 Å². The van der Waals surface area contributed by atoms with Crippen molar-refractivity contribution in [3.8, 4) is 0 Å². The lowest BCUT2D eigenvalue weighted by atomic mass is 9.95. The zero-order valence-corrected chi connectivity index (χ0v) is 9.93. The predicted molar refractivity (Wildman–Crippen MR) is 63.3 cm³/mol. The van der Waals surface area contributed by atoms with Gasteiger partial charge in [-0.25, -0.2) is 9.78 Å². The van der Waals surface area contributed by atoms with Gasteiger partial charge in [0.05, 0.1) is 12.0 Å². The minimum absolute atomic E-state index is 0.290. The molecule has 0 amide bonds. The van der Waals surface area contributed by atoms with Crippen LogP contribution in [0.2, 0.25) is 0 Å². The van der Waals surface area contributed by atoms with E-state index in [-0.39, 0.29) is 5.69 Å². The molecule has 1 aromatic heterocycles. The summed E-state index contributed by atoms with van der Waals surface area (Å²) in [5.74, 6) is -0.424. The van der Waals surface area contributed by atoms with Gasteiger partial charge in [0.25, 0.3) is 0 Å². The first-order valence-electron chi connectivity index (χ1n) is 6.57. The predicted octanol–water partition coefficient (Wildman–Crippen LogP) is 2.96.